The number of nitrogens with two attached hydrogens (primary N) is 1. The highest BCUT2D eigenvalue weighted by molar-refractivity contribution is 9.10. The van der Waals surface area contributed by atoms with Gasteiger partial charge in [-0.15, -0.1) is 0 Å². The van der Waals surface area contributed by atoms with Gasteiger partial charge in [0.25, 0.3) is 0 Å². The maximum atomic E-state index is 13.7. The van der Waals surface area contributed by atoms with Gasteiger partial charge >= 0.3 is 5.69 Å². The van der Waals surface area contributed by atoms with Crippen LogP contribution in [0.1, 0.15) is 0 Å². The van der Waals surface area contributed by atoms with Crippen LogP contribution >= 0.6 is 15.9 Å². The van der Waals surface area contributed by atoms with Gasteiger partial charge < -0.3 is 10.2 Å². The minimum atomic E-state index is -1.24. The molecule has 0 amide bonds. The van der Waals surface area contributed by atoms with E-state index in [2.05, 4.69) is 31.3 Å². The number of halogens is 3. The predicted molar refractivity (Wildman–Crippen MR) is 70.6 cm³/mol. The average Bonchev–Trinajstić information content (AvgIpc) is 2.44. The summed E-state index contributed by atoms with van der Waals surface area (Å²) in [5.41, 5.74) is 1.24. The highest BCUT2D eigenvalue weighted by Gasteiger charge is 2.21. The van der Waals surface area contributed by atoms with Crippen LogP contribution in [0.4, 0.5) is 20.3 Å². The second-order valence-electron chi connectivity index (χ2n) is 3.58. The molecule has 0 spiro atoms. The zero-order chi connectivity index (χ0) is 15.6. The molecule has 21 heavy (non-hydrogen) atoms. The number of nitrogens with zero attached hydrogens (tertiary/aromatic N) is 3. The van der Waals surface area contributed by atoms with Crippen LogP contribution in [-0.4, -0.2) is 14.9 Å². The number of aromatic nitrogens is 2. The third-order valence-electron chi connectivity index (χ3n) is 2.30. The number of nitro benzene ring substituents is 1. The number of nitrogens with one attached hydrogen (secondary N) is 1. The first-order valence-electron chi connectivity index (χ1n) is 5.22. The van der Waals surface area contributed by atoms with Gasteiger partial charge in [0, 0.05) is 6.07 Å². The standard InChI is InChI=1S/C10H6BrF2N5O3/c11-8-9(17-14)15-3-16-10(8)21-7-2-4(12)6(18(19)20)1-5(7)13/h1-3H,14H2,(H,15,16,17). The van der Waals surface area contributed by atoms with E-state index in [1.165, 1.54) is 0 Å². The summed E-state index contributed by atoms with van der Waals surface area (Å²) in [6, 6.07) is 0.972. The summed E-state index contributed by atoms with van der Waals surface area (Å²) >= 11 is 3.06. The van der Waals surface area contributed by atoms with E-state index >= 15 is 0 Å². The molecule has 0 fully saturated rings. The van der Waals surface area contributed by atoms with E-state index in [-0.39, 0.29) is 16.2 Å². The zero-order valence-corrected chi connectivity index (χ0v) is 11.6. The van der Waals surface area contributed by atoms with Gasteiger partial charge in [0.05, 0.1) is 11.0 Å². The molecule has 2 aromatic rings. The molecule has 1 aromatic heterocycles. The van der Waals surface area contributed by atoms with Gasteiger partial charge in [-0.05, 0) is 15.9 Å². The molecule has 0 aliphatic carbocycles. The molecule has 0 aliphatic heterocycles. The maximum Gasteiger partial charge on any atom is 0.307 e. The van der Waals surface area contributed by atoms with Crippen LogP contribution in [0.5, 0.6) is 11.6 Å². The first-order valence-corrected chi connectivity index (χ1v) is 6.01. The normalized spacial score (nSPS) is 10.3. The molecule has 0 bridgehead atoms. The number of hydrazine groups is 1. The van der Waals surface area contributed by atoms with Crippen LogP contribution in [0.15, 0.2) is 22.9 Å². The lowest BCUT2D eigenvalue weighted by Gasteiger charge is -2.09. The summed E-state index contributed by atoms with van der Waals surface area (Å²) in [5.74, 6) is 2.27. The quantitative estimate of drug-likeness (QED) is 0.488. The van der Waals surface area contributed by atoms with Crippen molar-refractivity contribution in [2.75, 3.05) is 5.43 Å². The molecular formula is C10H6BrF2N5O3. The van der Waals surface area contributed by atoms with Crippen molar-refractivity contribution in [1.29, 1.82) is 0 Å². The third kappa shape index (κ3) is 3.03. The maximum absolute atomic E-state index is 13.7. The Kier molecular flexibility index (Phi) is 4.23. The Bertz CT molecular complexity index is 715. The Morgan fingerprint density at radius 3 is 2.67 bits per heavy atom. The van der Waals surface area contributed by atoms with Crippen LogP contribution in [0, 0.1) is 21.7 Å². The van der Waals surface area contributed by atoms with Crippen LogP contribution < -0.4 is 16.0 Å². The van der Waals surface area contributed by atoms with E-state index in [9.17, 15) is 18.9 Å². The molecule has 0 atom stereocenters. The summed E-state index contributed by atoms with van der Waals surface area (Å²) in [7, 11) is 0. The first-order chi connectivity index (χ1) is 9.93. The Balaban J connectivity index is 2.41. The number of hydrogen-bond acceptors (Lipinski definition) is 7. The van der Waals surface area contributed by atoms with Crippen molar-refractivity contribution in [1.82, 2.24) is 9.97 Å². The zero-order valence-electron chi connectivity index (χ0n) is 10.0. The molecule has 3 N–H and O–H groups in total. The Labute approximate surface area is 124 Å². The average molecular weight is 362 g/mol. The lowest BCUT2D eigenvalue weighted by molar-refractivity contribution is -0.387. The molecule has 0 saturated carbocycles. The minimum absolute atomic E-state index is 0.148. The fraction of sp³-hybridized carbons (Fsp3) is 0. The molecule has 8 nitrogen and oxygen atoms in total. The van der Waals surface area contributed by atoms with E-state index in [4.69, 9.17) is 10.6 Å². The number of benzene rings is 1. The second kappa shape index (κ2) is 5.93. The molecule has 1 aromatic carbocycles. The molecule has 0 saturated heterocycles. The molecule has 1 heterocycles. The Morgan fingerprint density at radius 2 is 2.05 bits per heavy atom. The lowest BCUT2D eigenvalue weighted by Crippen LogP contribution is -2.10. The predicted octanol–water partition coefficient (Wildman–Crippen LogP) is 2.50. The van der Waals surface area contributed by atoms with E-state index in [1.807, 2.05) is 0 Å². The van der Waals surface area contributed by atoms with E-state index < -0.39 is 28.0 Å². The molecular weight excluding hydrogens is 356 g/mol. The number of hydrogen-bond donors (Lipinski definition) is 2. The largest absolute Gasteiger partial charge is 0.434 e. The fourth-order valence-electron chi connectivity index (χ4n) is 1.37. The van der Waals surface area contributed by atoms with Gasteiger partial charge in [-0.2, -0.15) is 4.39 Å². The van der Waals surface area contributed by atoms with Gasteiger partial charge in [0.2, 0.25) is 11.7 Å². The molecule has 110 valence electrons. The highest BCUT2D eigenvalue weighted by atomic mass is 79.9. The van der Waals surface area contributed by atoms with Crippen molar-refractivity contribution in [2.24, 2.45) is 5.84 Å². The van der Waals surface area contributed by atoms with E-state index in [0.717, 1.165) is 6.33 Å². The fourth-order valence-corrected chi connectivity index (χ4v) is 1.77. The summed E-state index contributed by atoms with van der Waals surface area (Å²) in [6.07, 6.45) is 1.08. The van der Waals surface area contributed by atoms with Gasteiger partial charge in [0.15, 0.2) is 17.4 Å². The van der Waals surface area contributed by atoms with Crippen LogP contribution in [0.3, 0.4) is 0 Å². The van der Waals surface area contributed by atoms with Crippen molar-refractivity contribution in [3.05, 3.63) is 44.7 Å². The second-order valence-corrected chi connectivity index (χ2v) is 4.37. The molecule has 2 rings (SSSR count). The van der Waals surface area contributed by atoms with Crippen molar-refractivity contribution in [3.63, 3.8) is 0 Å². The monoisotopic (exact) mass is 361 g/mol. The Hall–Kier alpha value is -2.40. The SMILES string of the molecule is NNc1ncnc(Oc2cc(F)c([N+](=O)[O-])cc2F)c1Br. The summed E-state index contributed by atoms with van der Waals surface area (Å²) in [4.78, 5) is 16.9. The van der Waals surface area contributed by atoms with E-state index in [0.29, 0.717) is 12.1 Å². The third-order valence-corrected chi connectivity index (χ3v) is 3.01. The minimum Gasteiger partial charge on any atom is -0.434 e. The summed E-state index contributed by atoms with van der Waals surface area (Å²) < 4.78 is 32.4. The Morgan fingerprint density at radius 1 is 1.33 bits per heavy atom. The van der Waals surface area contributed by atoms with Crippen molar-refractivity contribution < 1.29 is 18.4 Å². The van der Waals surface area contributed by atoms with Gasteiger partial charge in [-0.1, -0.05) is 0 Å². The van der Waals surface area contributed by atoms with Crippen LogP contribution in [0.2, 0.25) is 0 Å². The smallest absolute Gasteiger partial charge is 0.307 e. The highest BCUT2D eigenvalue weighted by Crippen LogP contribution is 2.34. The van der Waals surface area contributed by atoms with Gasteiger partial charge in [-0.25, -0.2) is 20.2 Å². The molecule has 0 aliphatic rings. The van der Waals surface area contributed by atoms with Crippen molar-refractivity contribution >= 4 is 27.4 Å². The van der Waals surface area contributed by atoms with E-state index in [1.54, 1.807) is 0 Å². The number of ether oxygens (including phenoxy) is 1. The first kappa shape index (κ1) is 15.0. The molecule has 0 unspecified atom stereocenters. The van der Waals surface area contributed by atoms with Crippen molar-refractivity contribution in [3.8, 4) is 11.6 Å². The van der Waals surface area contributed by atoms with Gasteiger partial charge in [-0.3, -0.25) is 10.1 Å². The summed E-state index contributed by atoms with van der Waals surface area (Å²) in [6.45, 7) is 0. The summed E-state index contributed by atoms with van der Waals surface area (Å²) in [5, 5.41) is 10.5. The molecule has 0 radical (unpaired) electrons. The van der Waals surface area contributed by atoms with Gasteiger partial charge in [0.1, 0.15) is 10.8 Å². The van der Waals surface area contributed by atoms with Crippen molar-refractivity contribution in [2.45, 2.75) is 0 Å². The van der Waals surface area contributed by atoms with Crippen LogP contribution in [-0.2, 0) is 0 Å². The molecule has 11 heteroatoms. The van der Waals surface area contributed by atoms with Crippen LogP contribution in [0.25, 0.3) is 0 Å². The number of anilines is 1. The lowest BCUT2D eigenvalue weighted by atomic mass is 10.3. The number of rotatable bonds is 4. The number of nitro groups is 1. The topological polar surface area (TPSA) is 116 Å². The number of nitrogen functional groups attached to an aromatic ring is 1.